The van der Waals surface area contributed by atoms with Crippen molar-refractivity contribution in [3.05, 3.63) is 58.6 Å². The molecule has 0 aliphatic heterocycles. The Morgan fingerprint density at radius 1 is 1.22 bits per heavy atom. The van der Waals surface area contributed by atoms with Gasteiger partial charge in [-0.2, -0.15) is 0 Å². The van der Waals surface area contributed by atoms with Crippen molar-refractivity contribution in [1.29, 1.82) is 0 Å². The van der Waals surface area contributed by atoms with Crippen molar-refractivity contribution in [2.75, 3.05) is 5.73 Å². The maximum atomic E-state index is 10.6. The van der Waals surface area contributed by atoms with Crippen LogP contribution in [0.2, 0.25) is 5.02 Å². The van der Waals surface area contributed by atoms with Gasteiger partial charge in [0.05, 0.1) is 5.69 Å². The highest BCUT2D eigenvalue weighted by Crippen LogP contribution is 2.24. The Balaban J connectivity index is 2.11. The van der Waals surface area contributed by atoms with Gasteiger partial charge in [0.15, 0.2) is 0 Å². The molecular formula is C14H12ClNO2. The quantitative estimate of drug-likeness (QED) is 0.679. The van der Waals surface area contributed by atoms with Gasteiger partial charge in [-0.1, -0.05) is 29.8 Å². The molecule has 92 valence electrons. The second-order valence-electron chi connectivity index (χ2n) is 3.80. The van der Waals surface area contributed by atoms with E-state index in [0.29, 0.717) is 28.6 Å². The fourth-order valence-corrected chi connectivity index (χ4v) is 1.73. The molecule has 2 rings (SSSR count). The smallest absolute Gasteiger partial charge is 0.150 e. The number of hydrogen-bond acceptors (Lipinski definition) is 3. The number of rotatable bonds is 4. The Morgan fingerprint density at radius 3 is 2.67 bits per heavy atom. The zero-order valence-corrected chi connectivity index (χ0v) is 10.4. The second-order valence-corrected chi connectivity index (χ2v) is 4.20. The molecule has 0 aliphatic carbocycles. The van der Waals surface area contributed by atoms with Gasteiger partial charge in [-0.15, -0.1) is 0 Å². The van der Waals surface area contributed by atoms with Gasteiger partial charge in [0, 0.05) is 16.1 Å². The van der Waals surface area contributed by atoms with Gasteiger partial charge in [0.2, 0.25) is 0 Å². The van der Waals surface area contributed by atoms with E-state index in [2.05, 4.69) is 0 Å². The van der Waals surface area contributed by atoms with Gasteiger partial charge in [-0.3, -0.25) is 4.79 Å². The molecule has 4 heteroatoms. The predicted octanol–water partition coefficient (Wildman–Crippen LogP) is 3.31. The van der Waals surface area contributed by atoms with Crippen LogP contribution in [0.5, 0.6) is 5.75 Å². The Hall–Kier alpha value is -2.00. The van der Waals surface area contributed by atoms with E-state index in [-0.39, 0.29) is 0 Å². The molecule has 3 nitrogen and oxygen atoms in total. The van der Waals surface area contributed by atoms with E-state index < -0.39 is 0 Å². The summed E-state index contributed by atoms with van der Waals surface area (Å²) in [6.45, 7) is 0.338. The van der Waals surface area contributed by atoms with Crippen molar-refractivity contribution in [3.63, 3.8) is 0 Å². The van der Waals surface area contributed by atoms with E-state index in [1.54, 1.807) is 24.3 Å². The third-order valence-corrected chi connectivity index (χ3v) is 2.88. The molecule has 0 saturated carbocycles. The minimum Gasteiger partial charge on any atom is -0.487 e. The van der Waals surface area contributed by atoms with Crippen molar-refractivity contribution < 1.29 is 9.53 Å². The lowest BCUT2D eigenvalue weighted by atomic mass is 10.2. The van der Waals surface area contributed by atoms with E-state index in [4.69, 9.17) is 22.1 Å². The number of ether oxygens (including phenoxy) is 1. The Morgan fingerprint density at radius 2 is 2.00 bits per heavy atom. The predicted molar refractivity (Wildman–Crippen MR) is 72.0 cm³/mol. The number of halogens is 1. The van der Waals surface area contributed by atoms with Crippen LogP contribution >= 0.6 is 11.6 Å². The molecule has 0 aromatic heterocycles. The molecule has 0 fully saturated rings. The van der Waals surface area contributed by atoms with Crippen LogP contribution in [0.25, 0.3) is 0 Å². The lowest BCUT2D eigenvalue weighted by Gasteiger charge is -2.10. The first-order valence-electron chi connectivity index (χ1n) is 5.41. The van der Waals surface area contributed by atoms with E-state index >= 15 is 0 Å². The van der Waals surface area contributed by atoms with Crippen LogP contribution in [0.15, 0.2) is 42.5 Å². The van der Waals surface area contributed by atoms with Crippen LogP contribution in [0, 0.1) is 0 Å². The molecule has 0 unspecified atom stereocenters. The molecule has 0 aliphatic rings. The average molecular weight is 262 g/mol. The Bertz CT molecular complexity index is 569. The maximum Gasteiger partial charge on any atom is 0.150 e. The molecule has 0 spiro atoms. The third-order valence-electron chi connectivity index (χ3n) is 2.51. The van der Waals surface area contributed by atoms with Crippen LogP contribution in [0.4, 0.5) is 5.69 Å². The summed E-state index contributed by atoms with van der Waals surface area (Å²) in [5.41, 5.74) is 7.63. The normalized spacial score (nSPS) is 10.1. The first-order chi connectivity index (χ1) is 8.70. The average Bonchev–Trinajstić information content (AvgIpc) is 2.39. The summed E-state index contributed by atoms with van der Waals surface area (Å²) in [6, 6.07) is 12.4. The zero-order valence-electron chi connectivity index (χ0n) is 9.60. The Kier molecular flexibility index (Phi) is 3.85. The molecule has 2 N–H and O–H groups in total. The van der Waals surface area contributed by atoms with Crippen LogP contribution < -0.4 is 10.5 Å². The van der Waals surface area contributed by atoms with Crippen molar-refractivity contribution in [1.82, 2.24) is 0 Å². The Labute approximate surface area is 110 Å². The van der Waals surface area contributed by atoms with Gasteiger partial charge >= 0.3 is 0 Å². The lowest BCUT2D eigenvalue weighted by molar-refractivity contribution is 0.112. The summed E-state index contributed by atoms with van der Waals surface area (Å²) in [7, 11) is 0. The first kappa shape index (κ1) is 12.5. The summed E-state index contributed by atoms with van der Waals surface area (Å²) in [5, 5.41) is 0.653. The van der Waals surface area contributed by atoms with Crippen LogP contribution in [-0.4, -0.2) is 6.29 Å². The zero-order chi connectivity index (χ0) is 13.0. The monoisotopic (exact) mass is 261 g/mol. The van der Waals surface area contributed by atoms with Gasteiger partial charge in [-0.05, 0) is 24.3 Å². The molecule has 18 heavy (non-hydrogen) atoms. The standard InChI is InChI=1S/C14H12ClNO2/c15-12-4-2-1-3-11(12)9-18-14-6-5-10(8-17)7-13(14)16/h1-8H,9,16H2. The molecular weight excluding hydrogens is 250 g/mol. The molecule has 0 saturated heterocycles. The fraction of sp³-hybridized carbons (Fsp3) is 0.0714. The van der Waals surface area contributed by atoms with Crippen molar-refractivity contribution >= 4 is 23.6 Å². The second kappa shape index (κ2) is 5.56. The van der Waals surface area contributed by atoms with Gasteiger partial charge in [0.1, 0.15) is 18.6 Å². The number of nitrogens with two attached hydrogens (primary N) is 1. The number of carbonyl (C=O) groups is 1. The van der Waals surface area contributed by atoms with E-state index in [1.807, 2.05) is 18.2 Å². The van der Waals surface area contributed by atoms with Crippen LogP contribution in [0.3, 0.4) is 0 Å². The summed E-state index contributed by atoms with van der Waals surface area (Å²) in [4.78, 5) is 10.6. The minimum absolute atomic E-state index is 0.338. The van der Waals surface area contributed by atoms with Gasteiger partial charge < -0.3 is 10.5 Å². The fourth-order valence-electron chi connectivity index (χ4n) is 1.54. The van der Waals surface area contributed by atoms with Crippen molar-refractivity contribution in [2.45, 2.75) is 6.61 Å². The molecule has 2 aromatic rings. The molecule has 0 amide bonds. The van der Waals surface area contributed by atoms with E-state index in [1.165, 1.54) is 0 Å². The SMILES string of the molecule is Nc1cc(C=O)ccc1OCc1ccccc1Cl. The topological polar surface area (TPSA) is 52.3 Å². The highest BCUT2D eigenvalue weighted by Gasteiger charge is 2.04. The summed E-state index contributed by atoms with van der Waals surface area (Å²) < 4.78 is 5.58. The molecule has 0 radical (unpaired) electrons. The summed E-state index contributed by atoms with van der Waals surface area (Å²) >= 11 is 6.02. The van der Waals surface area contributed by atoms with Crippen molar-refractivity contribution in [2.24, 2.45) is 0 Å². The van der Waals surface area contributed by atoms with E-state index in [9.17, 15) is 4.79 Å². The van der Waals surface area contributed by atoms with Crippen LogP contribution in [0.1, 0.15) is 15.9 Å². The van der Waals surface area contributed by atoms with Gasteiger partial charge in [-0.25, -0.2) is 0 Å². The first-order valence-corrected chi connectivity index (χ1v) is 5.79. The summed E-state index contributed by atoms with van der Waals surface area (Å²) in [6.07, 6.45) is 0.744. The minimum atomic E-state index is 0.338. The number of carbonyl (C=O) groups excluding carboxylic acids is 1. The largest absolute Gasteiger partial charge is 0.487 e. The van der Waals surface area contributed by atoms with Crippen LogP contribution in [-0.2, 0) is 6.61 Å². The summed E-state index contributed by atoms with van der Waals surface area (Å²) in [5.74, 6) is 0.542. The number of hydrogen-bond donors (Lipinski definition) is 1. The molecule has 2 aromatic carbocycles. The third kappa shape index (κ3) is 2.81. The number of benzene rings is 2. The molecule has 0 bridgehead atoms. The number of nitrogen functional groups attached to an aromatic ring is 1. The maximum absolute atomic E-state index is 10.6. The molecule has 0 atom stereocenters. The van der Waals surface area contributed by atoms with Gasteiger partial charge in [0.25, 0.3) is 0 Å². The number of anilines is 1. The molecule has 0 heterocycles. The van der Waals surface area contributed by atoms with E-state index in [0.717, 1.165) is 11.8 Å². The highest BCUT2D eigenvalue weighted by molar-refractivity contribution is 6.31. The lowest BCUT2D eigenvalue weighted by Crippen LogP contribution is -2.00. The van der Waals surface area contributed by atoms with Crippen molar-refractivity contribution in [3.8, 4) is 5.75 Å². The highest BCUT2D eigenvalue weighted by atomic mass is 35.5. The number of aldehydes is 1.